The van der Waals surface area contributed by atoms with Crippen LogP contribution in [0.4, 0.5) is 11.4 Å². The summed E-state index contributed by atoms with van der Waals surface area (Å²) in [7, 11) is 1.63. The largest absolute Gasteiger partial charge is 0.497 e. The number of carbonyl (C=O) groups is 2. The van der Waals surface area contributed by atoms with Crippen molar-refractivity contribution < 1.29 is 19.1 Å². The average Bonchev–Trinajstić information content (AvgIpc) is 3.39. The van der Waals surface area contributed by atoms with Crippen molar-refractivity contribution in [2.45, 2.75) is 26.3 Å². The molecule has 37 heavy (non-hydrogen) atoms. The van der Waals surface area contributed by atoms with E-state index in [1.807, 2.05) is 72.2 Å². The van der Waals surface area contributed by atoms with Crippen LogP contribution in [0.2, 0.25) is 0 Å². The highest BCUT2D eigenvalue weighted by Gasteiger charge is 2.10. The number of amides is 2. The third-order valence-electron chi connectivity index (χ3n) is 5.69. The number of rotatable bonds is 11. The van der Waals surface area contributed by atoms with E-state index >= 15 is 0 Å². The highest BCUT2D eigenvalue weighted by Crippen LogP contribution is 2.17. The molecule has 0 aliphatic carbocycles. The molecule has 0 fully saturated rings. The van der Waals surface area contributed by atoms with E-state index in [1.165, 1.54) is 0 Å². The predicted molar refractivity (Wildman–Crippen MR) is 143 cm³/mol. The van der Waals surface area contributed by atoms with Crippen molar-refractivity contribution in [1.29, 1.82) is 0 Å². The highest BCUT2D eigenvalue weighted by molar-refractivity contribution is 6.02. The van der Waals surface area contributed by atoms with Gasteiger partial charge in [0.25, 0.3) is 5.91 Å². The van der Waals surface area contributed by atoms with Crippen LogP contribution in [0.25, 0.3) is 0 Å². The summed E-state index contributed by atoms with van der Waals surface area (Å²) < 4.78 is 12.4. The predicted octanol–water partition coefficient (Wildman–Crippen LogP) is 5.16. The molecule has 190 valence electrons. The van der Waals surface area contributed by atoms with Gasteiger partial charge in [-0.15, -0.1) is 0 Å². The molecule has 3 aromatic carbocycles. The Morgan fingerprint density at radius 1 is 0.838 bits per heavy atom. The number of ether oxygens (including phenoxy) is 2. The number of aryl methyl sites for hydroxylation is 1. The number of hydrogen-bond donors (Lipinski definition) is 2. The normalized spacial score (nSPS) is 10.5. The third kappa shape index (κ3) is 7.44. The van der Waals surface area contributed by atoms with Crippen molar-refractivity contribution in [3.8, 4) is 11.5 Å². The second kappa shape index (κ2) is 12.4. The van der Waals surface area contributed by atoms with Gasteiger partial charge in [-0.25, -0.2) is 4.98 Å². The summed E-state index contributed by atoms with van der Waals surface area (Å²) >= 11 is 0. The van der Waals surface area contributed by atoms with Gasteiger partial charge in [0.1, 0.15) is 17.2 Å². The average molecular weight is 499 g/mol. The Kier molecular flexibility index (Phi) is 8.54. The lowest BCUT2D eigenvalue weighted by Gasteiger charge is -2.08. The number of hydrogen-bond acceptors (Lipinski definition) is 5. The molecular weight excluding hydrogens is 468 g/mol. The Bertz CT molecular complexity index is 1310. The number of methoxy groups -OCH3 is 1. The van der Waals surface area contributed by atoms with Gasteiger partial charge in [-0.05, 0) is 73.0 Å². The van der Waals surface area contributed by atoms with Gasteiger partial charge in [0.15, 0.2) is 0 Å². The molecule has 1 aromatic heterocycles. The van der Waals surface area contributed by atoms with Crippen LogP contribution in [0.3, 0.4) is 0 Å². The van der Waals surface area contributed by atoms with Crippen molar-refractivity contribution >= 4 is 23.2 Å². The molecule has 2 N–H and O–H groups in total. The Hall–Kier alpha value is -4.59. The molecule has 0 bridgehead atoms. The minimum Gasteiger partial charge on any atom is -0.497 e. The first-order chi connectivity index (χ1) is 18.0. The highest BCUT2D eigenvalue weighted by atomic mass is 16.5. The molecule has 1 heterocycles. The van der Waals surface area contributed by atoms with E-state index in [2.05, 4.69) is 15.6 Å². The molecule has 4 aromatic rings. The van der Waals surface area contributed by atoms with Crippen molar-refractivity contribution in [1.82, 2.24) is 9.55 Å². The topological polar surface area (TPSA) is 94.5 Å². The van der Waals surface area contributed by atoms with Gasteiger partial charge in [-0.3, -0.25) is 9.59 Å². The monoisotopic (exact) mass is 498 g/mol. The van der Waals surface area contributed by atoms with Crippen LogP contribution in [0.15, 0.2) is 85.3 Å². The number of imidazole rings is 1. The zero-order valence-corrected chi connectivity index (χ0v) is 20.9. The third-order valence-corrected chi connectivity index (χ3v) is 5.69. The van der Waals surface area contributed by atoms with Crippen molar-refractivity contribution in [2.75, 3.05) is 24.4 Å². The summed E-state index contributed by atoms with van der Waals surface area (Å²) in [5.74, 6) is 1.23. The summed E-state index contributed by atoms with van der Waals surface area (Å²) in [6.07, 6.45) is 4.38. The molecule has 8 nitrogen and oxygen atoms in total. The van der Waals surface area contributed by atoms with Crippen molar-refractivity contribution in [3.63, 3.8) is 0 Å². The van der Waals surface area contributed by atoms with E-state index in [9.17, 15) is 9.59 Å². The van der Waals surface area contributed by atoms with E-state index in [-0.39, 0.29) is 11.8 Å². The van der Waals surface area contributed by atoms with Crippen LogP contribution >= 0.6 is 0 Å². The van der Waals surface area contributed by atoms with E-state index in [0.29, 0.717) is 37.4 Å². The molecule has 0 aliphatic heterocycles. The first kappa shape index (κ1) is 25.5. The van der Waals surface area contributed by atoms with Gasteiger partial charge in [-0.2, -0.15) is 0 Å². The number of nitrogens with one attached hydrogen (secondary N) is 2. The van der Waals surface area contributed by atoms with Gasteiger partial charge in [0.05, 0.1) is 20.0 Å². The minimum absolute atomic E-state index is 0.0404. The van der Waals surface area contributed by atoms with Gasteiger partial charge in [-0.1, -0.05) is 24.3 Å². The lowest BCUT2D eigenvalue weighted by atomic mass is 10.1. The van der Waals surface area contributed by atoms with Crippen LogP contribution < -0.4 is 20.1 Å². The Morgan fingerprint density at radius 3 is 2.14 bits per heavy atom. The van der Waals surface area contributed by atoms with Crippen LogP contribution in [-0.4, -0.2) is 35.1 Å². The zero-order chi connectivity index (χ0) is 26.0. The maximum Gasteiger partial charge on any atom is 0.275 e. The SMILES string of the molecule is CCOc1ccc(NC(=O)c2cn(Cc3ccc(NC(=O)CCc4ccc(OC)cc4)cc3)cn2)cc1. The van der Waals surface area contributed by atoms with E-state index in [4.69, 9.17) is 9.47 Å². The smallest absolute Gasteiger partial charge is 0.275 e. The van der Waals surface area contributed by atoms with Crippen LogP contribution in [0.5, 0.6) is 11.5 Å². The number of anilines is 2. The molecule has 0 atom stereocenters. The Balaban J connectivity index is 1.25. The van der Waals surface area contributed by atoms with E-state index in [0.717, 1.165) is 28.3 Å². The van der Waals surface area contributed by atoms with Crippen LogP contribution in [0, 0.1) is 0 Å². The fraction of sp³-hybridized carbons (Fsp3) is 0.207. The van der Waals surface area contributed by atoms with Crippen molar-refractivity contribution in [3.05, 3.63) is 102 Å². The molecule has 0 aliphatic rings. The number of aromatic nitrogens is 2. The molecule has 0 unspecified atom stereocenters. The second-order valence-corrected chi connectivity index (χ2v) is 8.44. The van der Waals surface area contributed by atoms with Crippen LogP contribution in [-0.2, 0) is 17.8 Å². The van der Waals surface area contributed by atoms with Crippen molar-refractivity contribution in [2.24, 2.45) is 0 Å². The molecule has 2 amide bonds. The number of carbonyl (C=O) groups excluding carboxylic acids is 2. The lowest BCUT2D eigenvalue weighted by Crippen LogP contribution is -2.12. The number of benzene rings is 3. The lowest BCUT2D eigenvalue weighted by molar-refractivity contribution is -0.116. The summed E-state index contributed by atoms with van der Waals surface area (Å²) in [5, 5.41) is 5.77. The molecule has 0 radical (unpaired) electrons. The van der Waals surface area contributed by atoms with Gasteiger partial charge in [0, 0.05) is 30.5 Å². The molecule has 0 saturated carbocycles. The van der Waals surface area contributed by atoms with Crippen LogP contribution in [0.1, 0.15) is 35.0 Å². The zero-order valence-electron chi connectivity index (χ0n) is 20.9. The fourth-order valence-corrected chi connectivity index (χ4v) is 3.74. The van der Waals surface area contributed by atoms with E-state index in [1.54, 1.807) is 31.8 Å². The summed E-state index contributed by atoms with van der Waals surface area (Å²) in [5.41, 5.74) is 3.84. The maximum absolute atomic E-state index is 12.5. The Morgan fingerprint density at radius 2 is 1.46 bits per heavy atom. The first-order valence-electron chi connectivity index (χ1n) is 12.1. The molecule has 4 rings (SSSR count). The Labute approximate surface area is 216 Å². The maximum atomic E-state index is 12.5. The molecule has 0 saturated heterocycles. The second-order valence-electron chi connectivity index (χ2n) is 8.44. The van der Waals surface area contributed by atoms with E-state index < -0.39 is 0 Å². The quantitative estimate of drug-likeness (QED) is 0.298. The summed E-state index contributed by atoms with van der Waals surface area (Å²) in [4.78, 5) is 29.1. The van der Waals surface area contributed by atoms with Gasteiger partial charge >= 0.3 is 0 Å². The summed E-state index contributed by atoms with van der Waals surface area (Å²) in [6.45, 7) is 3.06. The molecular formula is C29H30N4O4. The minimum atomic E-state index is -0.282. The molecule has 8 heteroatoms. The van der Waals surface area contributed by atoms with Gasteiger partial charge < -0.3 is 24.7 Å². The standard InChI is InChI=1S/C29H30N4O4/c1-3-37-26-15-11-24(12-16-26)32-29(35)27-19-33(20-30-27)18-22-4-9-23(10-5-22)31-28(34)17-8-21-6-13-25(36-2)14-7-21/h4-7,9-16,19-20H,3,8,17-18H2,1-2H3,(H,31,34)(H,32,35). The number of nitrogens with zero attached hydrogens (tertiary/aromatic N) is 2. The first-order valence-corrected chi connectivity index (χ1v) is 12.1. The molecule has 0 spiro atoms. The fourth-order valence-electron chi connectivity index (χ4n) is 3.74. The van der Waals surface area contributed by atoms with Gasteiger partial charge in [0.2, 0.25) is 5.91 Å². The summed E-state index contributed by atoms with van der Waals surface area (Å²) in [6, 6.07) is 22.5.